The molecule has 0 aliphatic rings. The van der Waals surface area contributed by atoms with Gasteiger partial charge < -0.3 is 5.32 Å². The van der Waals surface area contributed by atoms with Crippen LogP contribution in [0.25, 0.3) is 0 Å². The molecule has 3 aromatic rings. The fraction of sp³-hybridized carbons (Fsp3) is 0.136. The molecule has 156 valence electrons. The number of aryl methyl sites for hydroxylation is 2. The maximum absolute atomic E-state index is 13.3. The number of carbonyl (C=O) groups is 1. The van der Waals surface area contributed by atoms with Crippen LogP contribution in [0.5, 0.6) is 0 Å². The standard InChI is InChI=1S/C22H20Cl2N2O3S/c1-15-4-3-5-19(12-15)26(30(28,29)20-9-6-17(23)7-10-20)14-22(27)25-21-11-8-18(24)13-16(21)2/h3-13H,14H2,1-2H3,(H,25,27). The average molecular weight is 463 g/mol. The Hall–Kier alpha value is -2.54. The Labute approximate surface area is 186 Å². The molecule has 30 heavy (non-hydrogen) atoms. The summed E-state index contributed by atoms with van der Waals surface area (Å²) in [5.41, 5.74) is 2.61. The van der Waals surface area contributed by atoms with Gasteiger partial charge in [-0.2, -0.15) is 0 Å². The number of nitrogens with one attached hydrogen (secondary N) is 1. The third-order valence-corrected chi connectivity index (χ3v) is 6.72. The van der Waals surface area contributed by atoms with Crippen LogP contribution in [0.3, 0.4) is 0 Å². The van der Waals surface area contributed by atoms with Crippen molar-refractivity contribution >= 4 is 50.5 Å². The Kier molecular flexibility index (Phi) is 6.71. The summed E-state index contributed by atoms with van der Waals surface area (Å²) in [5.74, 6) is -0.473. The first-order chi connectivity index (χ1) is 14.2. The van der Waals surface area contributed by atoms with Crippen LogP contribution < -0.4 is 9.62 Å². The van der Waals surface area contributed by atoms with Crippen LogP contribution >= 0.6 is 23.2 Å². The molecule has 0 radical (unpaired) electrons. The van der Waals surface area contributed by atoms with E-state index in [0.29, 0.717) is 21.4 Å². The Morgan fingerprint density at radius 1 is 0.933 bits per heavy atom. The molecule has 1 amide bonds. The average Bonchev–Trinajstić information content (AvgIpc) is 2.68. The monoisotopic (exact) mass is 462 g/mol. The molecular weight excluding hydrogens is 443 g/mol. The number of halogens is 2. The highest BCUT2D eigenvalue weighted by molar-refractivity contribution is 7.92. The van der Waals surface area contributed by atoms with Gasteiger partial charge in [-0.05, 0) is 79.6 Å². The lowest BCUT2D eigenvalue weighted by atomic mass is 10.2. The molecule has 3 aromatic carbocycles. The SMILES string of the molecule is Cc1cccc(N(CC(=O)Nc2ccc(Cl)cc2C)S(=O)(=O)c2ccc(Cl)cc2)c1. The van der Waals surface area contributed by atoms with Gasteiger partial charge in [-0.1, -0.05) is 35.3 Å². The number of amides is 1. The van der Waals surface area contributed by atoms with Gasteiger partial charge in [-0.3, -0.25) is 9.10 Å². The summed E-state index contributed by atoms with van der Waals surface area (Å²) >= 11 is 11.9. The predicted octanol–water partition coefficient (Wildman–Crippen LogP) is 5.44. The lowest BCUT2D eigenvalue weighted by Gasteiger charge is -2.24. The zero-order valence-electron chi connectivity index (χ0n) is 16.4. The van der Waals surface area contributed by atoms with Gasteiger partial charge in [0.25, 0.3) is 10.0 Å². The molecule has 3 rings (SSSR count). The summed E-state index contributed by atoms with van der Waals surface area (Å²) in [6.45, 7) is 3.27. The molecule has 0 aromatic heterocycles. The van der Waals surface area contributed by atoms with E-state index in [-0.39, 0.29) is 4.90 Å². The van der Waals surface area contributed by atoms with Crippen LogP contribution in [-0.4, -0.2) is 20.9 Å². The van der Waals surface area contributed by atoms with Crippen molar-refractivity contribution in [2.75, 3.05) is 16.2 Å². The molecular formula is C22H20Cl2N2O3S. The van der Waals surface area contributed by atoms with Gasteiger partial charge >= 0.3 is 0 Å². The summed E-state index contributed by atoms with van der Waals surface area (Å²) in [6, 6.07) is 17.9. The van der Waals surface area contributed by atoms with Crippen molar-refractivity contribution in [2.24, 2.45) is 0 Å². The van der Waals surface area contributed by atoms with Crippen molar-refractivity contribution in [1.82, 2.24) is 0 Å². The van der Waals surface area contributed by atoms with E-state index in [1.807, 2.05) is 19.9 Å². The number of benzene rings is 3. The van der Waals surface area contributed by atoms with Crippen LogP contribution in [-0.2, 0) is 14.8 Å². The molecule has 0 saturated carbocycles. The second-order valence-electron chi connectivity index (χ2n) is 6.81. The van der Waals surface area contributed by atoms with Crippen LogP contribution in [0.1, 0.15) is 11.1 Å². The lowest BCUT2D eigenvalue weighted by molar-refractivity contribution is -0.114. The van der Waals surface area contributed by atoms with E-state index < -0.39 is 22.5 Å². The zero-order valence-corrected chi connectivity index (χ0v) is 18.7. The van der Waals surface area contributed by atoms with E-state index in [0.717, 1.165) is 15.4 Å². The quantitative estimate of drug-likeness (QED) is 0.529. The Morgan fingerprint density at radius 3 is 2.23 bits per heavy atom. The van der Waals surface area contributed by atoms with Gasteiger partial charge in [0.2, 0.25) is 5.91 Å². The van der Waals surface area contributed by atoms with E-state index in [1.54, 1.807) is 36.4 Å². The zero-order chi connectivity index (χ0) is 21.9. The number of anilines is 2. The summed E-state index contributed by atoms with van der Waals surface area (Å²) < 4.78 is 27.8. The van der Waals surface area contributed by atoms with Gasteiger partial charge in [0.15, 0.2) is 0 Å². The van der Waals surface area contributed by atoms with E-state index in [9.17, 15) is 13.2 Å². The minimum Gasteiger partial charge on any atom is -0.324 e. The second-order valence-corrected chi connectivity index (χ2v) is 9.55. The van der Waals surface area contributed by atoms with E-state index >= 15 is 0 Å². The van der Waals surface area contributed by atoms with Gasteiger partial charge in [-0.25, -0.2) is 8.42 Å². The fourth-order valence-electron chi connectivity index (χ4n) is 2.92. The first kappa shape index (κ1) is 22.2. The molecule has 0 fully saturated rings. The number of carbonyl (C=O) groups excluding carboxylic acids is 1. The smallest absolute Gasteiger partial charge is 0.264 e. The van der Waals surface area contributed by atoms with Crippen LogP contribution in [0, 0.1) is 13.8 Å². The second kappa shape index (κ2) is 9.08. The molecule has 0 aliphatic heterocycles. The van der Waals surface area contributed by atoms with Gasteiger partial charge in [0.1, 0.15) is 6.54 Å². The molecule has 0 spiro atoms. The molecule has 5 nitrogen and oxygen atoms in total. The summed E-state index contributed by atoms with van der Waals surface area (Å²) in [4.78, 5) is 12.8. The van der Waals surface area contributed by atoms with Gasteiger partial charge in [0.05, 0.1) is 10.6 Å². The maximum Gasteiger partial charge on any atom is 0.264 e. The fourth-order valence-corrected chi connectivity index (χ4v) is 4.68. The number of hydrogen-bond acceptors (Lipinski definition) is 3. The number of rotatable bonds is 6. The highest BCUT2D eigenvalue weighted by atomic mass is 35.5. The summed E-state index contributed by atoms with van der Waals surface area (Å²) in [6.07, 6.45) is 0. The number of sulfonamides is 1. The molecule has 0 saturated heterocycles. The highest BCUT2D eigenvalue weighted by Crippen LogP contribution is 2.26. The molecule has 0 aliphatic carbocycles. The molecule has 0 unspecified atom stereocenters. The topological polar surface area (TPSA) is 66.5 Å². The molecule has 1 N–H and O–H groups in total. The highest BCUT2D eigenvalue weighted by Gasteiger charge is 2.27. The van der Waals surface area contributed by atoms with Gasteiger partial charge in [0, 0.05) is 15.7 Å². The minimum atomic E-state index is -4.00. The van der Waals surface area contributed by atoms with Crippen LogP contribution in [0.15, 0.2) is 71.6 Å². The maximum atomic E-state index is 13.3. The Bertz CT molecular complexity index is 1180. The largest absolute Gasteiger partial charge is 0.324 e. The molecule has 0 bridgehead atoms. The first-order valence-corrected chi connectivity index (χ1v) is 11.3. The van der Waals surface area contributed by atoms with Crippen molar-refractivity contribution in [3.8, 4) is 0 Å². The van der Waals surface area contributed by atoms with E-state index in [1.165, 1.54) is 24.3 Å². The Balaban J connectivity index is 1.95. The predicted molar refractivity (Wildman–Crippen MR) is 122 cm³/mol. The molecule has 8 heteroatoms. The minimum absolute atomic E-state index is 0.0453. The summed E-state index contributed by atoms with van der Waals surface area (Å²) in [5, 5.41) is 3.74. The van der Waals surface area contributed by atoms with Crippen molar-refractivity contribution in [2.45, 2.75) is 18.7 Å². The van der Waals surface area contributed by atoms with Crippen LogP contribution in [0.4, 0.5) is 11.4 Å². The molecule has 0 atom stereocenters. The molecule has 0 heterocycles. The van der Waals surface area contributed by atoms with Crippen molar-refractivity contribution in [3.05, 3.63) is 87.9 Å². The third kappa shape index (κ3) is 5.14. The Morgan fingerprint density at radius 2 is 1.60 bits per heavy atom. The summed E-state index contributed by atoms with van der Waals surface area (Å²) in [7, 11) is -4.00. The van der Waals surface area contributed by atoms with Crippen LogP contribution in [0.2, 0.25) is 10.0 Å². The lowest BCUT2D eigenvalue weighted by Crippen LogP contribution is -2.38. The van der Waals surface area contributed by atoms with Gasteiger partial charge in [-0.15, -0.1) is 0 Å². The van der Waals surface area contributed by atoms with E-state index in [4.69, 9.17) is 23.2 Å². The van der Waals surface area contributed by atoms with E-state index in [2.05, 4.69) is 5.32 Å². The van der Waals surface area contributed by atoms with Crippen molar-refractivity contribution in [1.29, 1.82) is 0 Å². The third-order valence-electron chi connectivity index (χ3n) is 4.44. The van der Waals surface area contributed by atoms with Crippen molar-refractivity contribution < 1.29 is 13.2 Å². The number of nitrogens with zero attached hydrogens (tertiary/aromatic N) is 1. The number of hydrogen-bond donors (Lipinski definition) is 1. The van der Waals surface area contributed by atoms with Crippen molar-refractivity contribution in [3.63, 3.8) is 0 Å². The first-order valence-electron chi connectivity index (χ1n) is 9.08. The normalized spacial score (nSPS) is 11.2.